The van der Waals surface area contributed by atoms with Gasteiger partial charge in [0.1, 0.15) is 17.1 Å². The van der Waals surface area contributed by atoms with Crippen molar-refractivity contribution in [1.29, 1.82) is 0 Å². The van der Waals surface area contributed by atoms with E-state index in [-0.39, 0.29) is 34.5 Å². The predicted molar refractivity (Wildman–Crippen MR) is 134 cm³/mol. The quantitative estimate of drug-likeness (QED) is 0.342. The molecule has 10 heteroatoms. The van der Waals surface area contributed by atoms with Crippen molar-refractivity contribution in [2.45, 2.75) is 40.2 Å². The number of benzene rings is 1. The van der Waals surface area contributed by atoms with Gasteiger partial charge in [0.15, 0.2) is 5.76 Å². The average Bonchev–Trinajstić information content (AvgIpc) is 3.45. The molecule has 4 aromatic heterocycles. The fourth-order valence-corrected chi connectivity index (χ4v) is 4.16. The highest BCUT2D eigenvalue weighted by atomic mass is 19.1. The fraction of sp³-hybridized carbons (Fsp3) is 0.259. The molecule has 0 unspecified atom stereocenters. The topological polar surface area (TPSA) is 116 Å². The van der Waals surface area contributed by atoms with Crippen LogP contribution in [0.4, 0.5) is 4.39 Å². The van der Waals surface area contributed by atoms with Crippen LogP contribution in [0, 0.1) is 26.6 Å². The second kappa shape index (κ2) is 8.67. The monoisotopic (exact) mass is 504 g/mol. The third-order valence-corrected chi connectivity index (χ3v) is 6.06. The van der Waals surface area contributed by atoms with Gasteiger partial charge in [-0.05, 0) is 57.0 Å². The predicted octanol–water partition coefficient (Wildman–Crippen LogP) is 5.33. The van der Waals surface area contributed by atoms with Gasteiger partial charge in [-0.3, -0.25) is 4.79 Å². The van der Waals surface area contributed by atoms with Gasteiger partial charge in [0, 0.05) is 43.6 Å². The van der Waals surface area contributed by atoms with Crippen LogP contribution in [-0.4, -0.2) is 24.9 Å². The van der Waals surface area contributed by atoms with Crippen LogP contribution >= 0.6 is 0 Å². The van der Waals surface area contributed by atoms with Gasteiger partial charge in [-0.2, -0.15) is 0 Å². The van der Waals surface area contributed by atoms with Crippen LogP contribution in [-0.2, 0) is 12.6 Å². The van der Waals surface area contributed by atoms with Gasteiger partial charge in [0.25, 0.3) is 11.4 Å². The van der Waals surface area contributed by atoms with Crippen LogP contribution in [0.15, 0.2) is 50.3 Å². The number of rotatable bonds is 5. The molecule has 0 aliphatic heterocycles. The normalized spacial score (nSPS) is 11.9. The van der Waals surface area contributed by atoms with Crippen LogP contribution in [0.25, 0.3) is 33.7 Å². The molecule has 0 aliphatic rings. The lowest BCUT2D eigenvalue weighted by Crippen LogP contribution is -2.17. The van der Waals surface area contributed by atoms with E-state index in [4.69, 9.17) is 13.6 Å². The van der Waals surface area contributed by atoms with E-state index in [9.17, 15) is 14.3 Å². The van der Waals surface area contributed by atoms with Crippen molar-refractivity contribution in [1.82, 2.24) is 19.7 Å². The number of hydrogen-bond donors (Lipinski definition) is 1. The van der Waals surface area contributed by atoms with E-state index in [1.165, 1.54) is 22.9 Å². The number of halogens is 1. The molecule has 190 valence electrons. The van der Waals surface area contributed by atoms with Gasteiger partial charge in [-0.1, -0.05) is 0 Å². The Bertz CT molecular complexity index is 1700. The summed E-state index contributed by atoms with van der Waals surface area (Å²) in [6.07, 6.45) is 3.13. The Morgan fingerprint density at radius 2 is 1.73 bits per heavy atom. The first-order valence-electron chi connectivity index (χ1n) is 11.5. The molecule has 0 saturated heterocycles. The van der Waals surface area contributed by atoms with Gasteiger partial charge in [-0.15, -0.1) is 10.2 Å². The maximum Gasteiger partial charge on any atom is 0.283 e. The van der Waals surface area contributed by atoms with E-state index in [0.29, 0.717) is 44.8 Å². The maximum absolute atomic E-state index is 13.9. The van der Waals surface area contributed by atoms with E-state index in [1.807, 2.05) is 0 Å². The molecule has 0 aliphatic carbocycles. The number of aliphatic hydroxyl groups is 1. The summed E-state index contributed by atoms with van der Waals surface area (Å²) >= 11 is 0. The van der Waals surface area contributed by atoms with Crippen LogP contribution in [0.1, 0.15) is 36.4 Å². The largest absolute Gasteiger partial charge is 0.450 e. The second-order valence-electron chi connectivity index (χ2n) is 9.55. The lowest BCUT2D eigenvalue weighted by atomic mass is 9.96. The van der Waals surface area contributed by atoms with Crippen molar-refractivity contribution >= 4 is 11.0 Å². The number of nitrogens with zero attached hydrogens (tertiary/aromatic N) is 4. The van der Waals surface area contributed by atoms with Crippen LogP contribution in [0.3, 0.4) is 0 Å². The van der Waals surface area contributed by atoms with E-state index < -0.39 is 5.60 Å². The molecule has 0 saturated carbocycles. The van der Waals surface area contributed by atoms with Gasteiger partial charge >= 0.3 is 0 Å². The molecule has 9 nitrogen and oxygen atoms in total. The number of furan rings is 1. The maximum atomic E-state index is 13.9. The standard InChI is InChI=1S/C27H25FN4O5/c1-13-7-17(28)8-14(2)22(13)37-24-18(9-16(11-29-24)27(4,5)34)20-12-32(6)26(33)19-10-21(36-23(19)20)25-31-30-15(3)35-25/h7-12,34H,1-6H3. The summed E-state index contributed by atoms with van der Waals surface area (Å²) < 4.78 is 33.1. The molecule has 0 amide bonds. The Morgan fingerprint density at radius 1 is 1.03 bits per heavy atom. The van der Waals surface area contributed by atoms with Crippen LogP contribution in [0.2, 0.25) is 0 Å². The molecule has 1 aromatic carbocycles. The molecule has 4 heterocycles. The van der Waals surface area contributed by atoms with Crippen molar-refractivity contribution in [3.63, 3.8) is 0 Å². The van der Waals surface area contributed by atoms with E-state index in [2.05, 4.69) is 15.2 Å². The Labute approximate surface area is 211 Å². The number of fused-ring (bicyclic) bond motifs is 1. The van der Waals surface area contributed by atoms with Crippen LogP contribution < -0.4 is 10.3 Å². The average molecular weight is 505 g/mol. The fourth-order valence-electron chi connectivity index (χ4n) is 4.16. The molecule has 1 N–H and O–H groups in total. The van der Waals surface area contributed by atoms with Gasteiger partial charge in [0.2, 0.25) is 11.8 Å². The van der Waals surface area contributed by atoms with Crippen molar-refractivity contribution in [3.05, 3.63) is 75.4 Å². The zero-order valence-corrected chi connectivity index (χ0v) is 21.2. The molecule has 37 heavy (non-hydrogen) atoms. The van der Waals surface area contributed by atoms with Crippen molar-refractivity contribution in [2.75, 3.05) is 0 Å². The molecule has 0 atom stereocenters. The van der Waals surface area contributed by atoms with Crippen LogP contribution in [0.5, 0.6) is 11.6 Å². The summed E-state index contributed by atoms with van der Waals surface area (Å²) in [5, 5.41) is 18.8. The SMILES string of the molecule is Cc1nnc(-c2cc3c(=O)n(C)cc(-c4cc(C(C)(C)O)cnc4Oc4c(C)cc(F)cc4C)c3o2)o1. The first kappa shape index (κ1) is 24.4. The number of hydrogen-bond acceptors (Lipinski definition) is 8. The zero-order chi connectivity index (χ0) is 26.6. The van der Waals surface area contributed by atoms with Crippen molar-refractivity contribution < 1.29 is 23.1 Å². The Kier molecular flexibility index (Phi) is 5.71. The first-order chi connectivity index (χ1) is 17.4. The zero-order valence-electron chi connectivity index (χ0n) is 21.2. The lowest BCUT2D eigenvalue weighted by Gasteiger charge is -2.20. The van der Waals surface area contributed by atoms with Gasteiger partial charge in [0.05, 0.1) is 16.6 Å². The molecule has 0 fully saturated rings. The first-order valence-corrected chi connectivity index (χ1v) is 11.5. The highest BCUT2D eigenvalue weighted by molar-refractivity contribution is 5.95. The van der Waals surface area contributed by atoms with Gasteiger partial charge in [-0.25, -0.2) is 9.37 Å². The lowest BCUT2D eigenvalue weighted by molar-refractivity contribution is 0.0782. The highest BCUT2D eigenvalue weighted by Crippen LogP contribution is 2.40. The minimum Gasteiger partial charge on any atom is -0.450 e. The summed E-state index contributed by atoms with van der Waals surface area (Å²) in [5.41, 5.74) is 1.42. The second-order valence-corrected chi connectivity index (χ2v) is 9.55. The highest BCUT2D eigenvalue weighted by Gasteiger charge is 2.25. The van der Waals surface area contributed by atoms with Gasteiger partial charge < -0.3 is 23.2 Å². The van der Waals surface area contributed by atoms with E-state index in [0.717, 1.165) is 0 Å². The number of aromatic nitrogens is 4. The van der Waals surface area contributed by atoms with Crippen molar-refractivity contribution in [3.8, 4) is 34.4 Å². The van der Waals surface area contributed by atoms with E-state index in [1.54, 1.807) is 60.0 Å². The molecule has 0 bridgehead atoms. The summed E-state index contributed by atoms with van der Waals surface area (Å²) in [5.74, 6) is 1.00. The minimum atomic E-state index is -1.21. The number of ether oxygens (including phenoxy) is 1. The Hall–Kier alpha value is -4.31. The summed E-state index contributed by atoms with van der Waals surface area (Å²) in [6.45, 7) is 8.42. The molecule has 5 rings (SSSR count). The van der Waals surface area contributed by atoms with Crippen molar-refractivity contribution in [2.24, 2.45) is 7.05 Å². The summed E-state index contributed by atoms with van der Waals surface area (Å²) in [4.78, 5) is 17.5. The number of pyridine rings is 2. The third-order valence-electron chi connectivity index (χ3n) is 6.06. The number of aryl methyl sites for hydroxylation is 4. The summed E-state index contributed by atoms with van der Waals surface area (Å²) in [7, 11) is 1.62. The smallest absolute Gasteiger partial charge is 0.283 e. The molecular weight excluding hydrogens is 479 g/mol. The Balaban J connectivity index is 1.77. The summed E-state index contributed by atoms with van der Waals surface area (Å²) in [6, 6.07) is 6.04. The molecular formula is C27H25FN4O5. The minimum absolute atomic E-state index is 0.138. The third kappa shape index (κ3) is 4.40. The Morgan fingerprint density at radius 3 is 2.35 bits per heavy atom. The molecule has 5 aromatic rings. The molecule has 0 radical (unpaired) electrons. The molecule has 0 spiro atoms. The van der Waals surface area contributed by atoms with E-state index >= 15 is 0 Å².